The average molecular weight is 264 g/mol. The maximum Gasteiger partial charge on any atom is 0.341 e. The third kappa shape index (κ3) is 3.23. The fraction of sp³-hybridized carbons (Fsp3) is 0.385. The van der Waals surface area contributed by atoms with Crippen LogP contribution in [0.25, 0.3) is 0 Å². The maximum absolute atomic E-state index is 11.9. The highest BCUT2D eigenvalue weighted by atomic mass is 16.5. The number of aliphatic carboxylic acids is 1. The number of carbonyl (C=O) groups excluding carboxylic acids is 1. The van der Waals surface area contributed by atoms with Crippen LogP contribution in [-0.4, -0.2) is 30.1 Å². The van der Waals surface area contributed by atoms with E-state index in [4.69, 9.17) is 15.6 Å². The molecule has 1 amide bonds. The number of nitrogens with one attached hydrogen (secondary N) is 1. The number of carbonyl (C=O) groups is 2. The fourth-order valence-electron chi connectivity index (χ4n) is 1.72. The van der Waals surface area contributed by atoms with Gasteiger partial charge >= 0.3 is 5.97 Å². The van der Waals surface area contributed by atoms with Gasteiger partial charge in [0.05, 0.1) is 5.41 Å². The molecule has 2 rings (SSSR count). The summed E-state index contributed by atoms with van der Waals surface area (Å²) in [6, 6.07) is 6.56. The summed E-state index contributed by atoms with van der Waals surface area (Å²) in [6.45, 7) is -0.0272. The summed E-state index contributed by atoms with van der Waals surface area (Å²) in [5.74, 6) is -0.648. The molecule has 1 aliphatic carbocycles. The topological polar surface area (TPSA) is 102 Å². The van der Waals surface area contributed by atoms with Crippen molar-refractivity contribution >= 4 is 17.6 Å². The molecule has 6 heteroatoms. The van der Waals surface area contributed by atoms with E-state index < -0.39 is 11.4 Å². The van der Waals surface area contributed by atoms with Gasteiger partial charge in [-0.25, -0.2) is 4.79 Å². The van der Waals surface area contributed by atoms with Gasteiger partial charge in [0.2, 0.25) is 5.91 Å². The van der Waals surface area contributed by atoms with Gasteiger partial charge in [-0.1, -0.05) is 0 Å². The Hall–Kier alpha value is -2.08. The van der Waals surface area contributed by atoms with Crippen LogP contribution in [0.15, 0.2) is 24.3 Å². The van der Waals surface area contributed by atoms with Gasteiger partial charge < -0.3 is 20.9 Å². The molecule has 0 unspecified atom stereocenters. The Kier molecular flexibility index (Phi) is 3.71. The Morgan fingerprint density at radius 1 is 1.32 bits per heavy atom. The molecule has 0 aromatic heterocycles. The molecule has 0 bridgehead atoms. The van der Waals surface area contributed by atoms with Crippen molar-refractivity contribution in [1.82, 2.24) is 0 Å². The standard InChI is InChI=1S/C13H16N2O4/c14-8-13(5-6-13)12(18)15-9-1-3-10(4-2-9)19-7-11(16)17/h1-4H,5-8,14H2,(H,15,18)(H,16,17). The van der Waals surface area contributed by atoms with Crippen LogP contribution in [0.5, 0.6) is 5.75 Å². The van der Waals surface area contributed by atoms with Crippen LogP contribution in [0.3, 0.4) is 0 Å². The van der Waals surface area contributed by atoms with E-state index in [0.717, 1.165) is 12.8 Å². The lowest BCUT2D eigenvalue weighted by Crippen LogP contribution is -2.30. The van der Waals surface area contributed by atoms with E-state index in [2.05, 4.69) is 5.32 Å². The second-order valence-electron chi connectivity index (χ2n) is 4.65. The minimum absolute atomic E-state index is 0.0609. The molecule has 1 aliphatic rings. The normalized spacial score (nSPS) is 15.6. The summed E-state index contributed by atoms with van der Waals surface area (Å²) in [5, 5.41) is 11.3. The number of ether oxygens (including phenoxy) is 1. The molecule has 1 fully saturated rings. The summed E-state index contributed by atoms with van der Waals surface area (Å²) in [4.78, 5) is 22.3. The summed E-state index contributed by atoms with van der Waals surface area (Å²) < 4.78 is 5.00. The van der Waals surface area contributed by atoms with E-state index in [-0.39, 0.29) is 12.5 Å². The van der Waals surface area contributed by atoms with Crippen molar-refractivity contribution in [1.29, 1.82) is 0 Å². The molecule has 1 aromatic carbocycles. The van der Waals surface area contributed by atoms with Crippen molar-refractivity contribution in [2.24, 2.45) is 11.1 Å². The van der Waals surface area contributed by atoms with Gasteiger partial charge in [-0.05, 0) is 37.1 Å². The van der Waals surface area contributed by atoms with E-state index in [0.29, 0.717) is 18.0 Å². The first-order valence-corrected chi connectivity index (χ1v) is 6.02. The first kappa shape index (κ1) is 13.4. The number of hydrogen-bond donors (Lipinski definition) is 3. The van der Waals surface area contributed by atoms with Crippen molar-refractivity contribution in [3.05, 3.63) is 24.3 Å². The number of carboxylic acids is 1. The van der Waals surface area contributed by atoms with Crippen LogP contribution in [0.2, 0.25) is 0 Å². The van der Waals surface area contributed by atoms with Gasteiger partial charge in [-0.2, -0.15) is 0 Å². The zero-order valence-corrected chi connectivity index (χ0v) is 10.4. The predicted molar refractivity (Wildman–Crippen MR) is 68.9 cm³/mol. The van der Waals surface area contributed by atoms with Gasteiger partial charge in [-0.3, -0.25) is 4.79 Å². The third-order valence-electron chi connectivity index (χ3n) is 3.20. The molecule has 6 nitrogen and oxygen atoms in total. The second kappa shape index (κ2) is 5.27. The lowest BCUT2D eigenvalue weighted by atomic mass is 10.1. The van der Waals surface area contributed by atoms with Crippen LogP contribution >= 0.6 is 0 Å². The lowest BCUT2D eigenvalue weighted by Gasteiger charge is -2.13. The molecule has 0 atom stereocenters. The molecular formula is C13H16N2O4. The van der Waals surface area contributed by atoms with Crippen molar-refractivity contribution in [3.8, 4) is 5.75 Å². The van der Waals surface area contributed by atoms with Gasteiger partial charge in [0.25, 0.3) is 0 Å². The molecule has 102 valence electrons. The quantitative estimate of drug-likeness (QED) is 0.706. The average Bonchev–Trinajstić information content (AvgIpc) is 3.19. The summed E-state index contributed by atoms with van der Waals surface area (Å²) in [7, 11) is 0. The number of hydrogen-bond acceptors (Lipinski definition) is 4. The Morgan fingerprint density at radius 3 is 2.42 bits per heavy atom. The van der Waals surface area contributed by atoms with Gasteiger partial charge in [-0.15, -0.1) is 0 Å². The molecule has 1 aromatic rings. The number of benzene rings is 1. The van der Waals surface area contributed by atoms with Gasteiger partial charge in [0, 0.05) is 12.2 Å². The van der Waals surface area contributed by atoms with Gasteiger partial charge in [0.1, 0.15) is 5.75 Å². The fourth-order valence-corrected chi connectivity index (χ4v) is 1.72. The monoisotopic (exact) mass is 264 g/mol. The third-order valence-corrected chi connectivity index (χ3v) is 3.20. The summed E-state index contributed by atoms with van der Waals surface area (Å²) in [5.41, 5.74) is 5.83. The van der Waals surface area contributed by atoms with Crippen LogP contribution in [0.1, 0.15) is 12.8 Å². The lowest BCUT2D eigenvalue weighted by molar-refractivity contribution is -0.139. The first-order chi connectivity index (χ1) is 9.05. The van der Waals surface area contributed by atoms with E-state index in [1.54, 1.807) is 24.3 Å². The molecule has 0 heterocycles. The van der Waals surface area contributed by atoms with E-state index in [1.807, 2.05) is 0 Å². The summed E-state index contributed by atoms with van der Waals surface area (Å²) >= 11 is 0. The Labute approximate surface area is 110 Å². The molecule has 4 N–H and O–H groups in total. The highest BCUT2D eigenvalue weighted by molar-refractivity contribution is 5.97. The molecule has 0 radical (unpaired) electrons. The minimum atomic E-state index is -1.03. The molecule has 0 saturated heterocycles. The van der Waals surface area contributed by atoms with Crippen molar-refractivity contribution < 1.29 is 19.4 Å². The van der Waals surface area contributed by atoms with Gasteiger partial charge in [0.15, 0.2) is 6.61 Å². The maximum atomic E-state index is 11.9. The highest BCUT2D eigenvalue weighted by Crippen LogP contribution is 2.45. The minimum Gasteiger partial charge on any atom is -0.482 e. The SMILES string of the molecule is NCC1(C(=O)Nc2ccc(OCC(=O)O)cc2)CC1. The van der Waals surface area contributed by atoms with Crippen LogP contribution in [0, 0.1) is 5.41 Å². The highest BCUT2D eigenvalue weighted by Gasteiger charge is 2.48. The van der Waals surface area contributed by atoms with E-state index in [1.165, 1.54) is 0 Å². The smallest absolute Gasteiger partial charge is 0.341 e. The van der Waals surface area contributed by atoms with Crippen molar-refractivity contribution in [2.75, 3.05) is 18.5 Å². The number of carboxylic acid groups (broad SMARTS) is 1. The van der Waals surface area contributed by atoms with Crippen molar-refractivity contribution in [3.63, 3.8) is 0 Å². The molecular weight excluding hydrogens is 248 g/mol. The molecule has 1 saturated carbocycles. The Bertz CT molecular complexity index is 480. The number of rotatable bonds is 6. The van der Waals surface area contributed by atoms with E-state index in [9.17, 15) is 9.59 Å². The number of nitrogens with two attached hydrogens (primary N) is 1. The molecule has 0 aliphatic heterocycles. The molecule has 19 heavy (non-hydrogen) atoms. The summed E-state index contributed by atoms with van der Waals surface area (Å²) in [6.07, 6.45) is 1.66. The Morgan fingerprint density at radius 2 is 1.95 bits per heavy atom. The number of amides is 1. The van der Waals surface area contributed by atoms with Crippen LogP contribution < -0.4 is 15.8 Å². The Balaban J connectivity index is 1.91. The molecule has 0 spiro atoms. The van der Waals surface area contributed by atoms with Crippen LogP contribution in [0.4, 0.5) is 5.69 Å². The zero-order valence-electron chi connectivity index (χ0n) is 10.4. The largest absolute Gasteiger partial charge is 0.482 e. The van der Waals surface area contributed by atoms with Crippen LogP contribution in [-0.2, 0) is 9.59 Å². The second-order valence-corrected chi connectivity index (χ2v) is 4.65. The van der Waals surface area contributed by atoms with E-state index >= 15 is 0 Å². The number of anilines is 1. The first-order valence-electron chi connectivity index (χ1n) is 6.02. The van der Waals surface area contributed by atoms with Crippen molar-refractivity contribution in [2.45, 2.75) is 12.8 Å². The zero-order chi connectivity index (χ0) is 13.9. The predicted octanol–water partition coefficient (Wildman–Crippen LogP) is 0.827.